The van der Waals surface area contributed by atoms with E-state index in [0.717, 1.165) is 16.4 Å². The van der Waals surface area contributed by atoms with E-state index in [-0.39, 0.29) is 6.54 Å². The normalized spacial score (nSPS) is 22.0. The average molecular weight is 327 g/mol. The van der Waals surface area contributed by atoms with Crippen LogP contribution in [0.3, 0.4) is 0 Å². The largest absolute Gasteiger partial charge is 0.463 e. The van der Waals surface area contributed by atoms with Crippen molar-refractivity contribution in [3.63, 3.8) is 0 Å². The molecule has 1 unspecified atom stereocenters. The summed E-state index contributed by atoms with van der Waals surface area (Å²) < 4.78 is 9.52. The summed E-state index contributed by atoms with van der Waals surface area (Å²) in [5.74, 6) is 0.646. The lowest BCUT2D eigenvalue weighted by molar-refractivity contribution is -0.132. The minimum absolute atomic E-state index is 0.0186. The van der Waals surface area contributed by atoms with Crippen LogP contribution in [-0.4, -0.2) is 26.4 Å². The second kappa shape index (κ2) is 4.81. The van der Waals surface area contributed by atoms with Crippen molar-refractivity contribution in [2.45, 2.75) is 25.9 Å². The summed E-state index contributed by atoms with van der Waals surface area (Å²) in [6.07, 6.45) is 0. The minimum Gasteiger partial charge on any atom is -0.463 e. The van der Waals surface area contributed by atoms with Gasteiger partial charge in [0.25, 0.3) is 5.91 Å². The SMILES string of the molecule is Cc1ccc(C2(C)NC(=O)N(Cc3nnsc3Cl)C2=O)o1. The van der Waals surface area contributed by atoms with Gasteiger partial charge in [-0.15, -0.1) is 5.10 Å². The summed E-state index contributed by atoms with van der Waals surface area (Å²) in [5, 5.41) is 6.46. The van der Waals surface area contributed by atoms with Gasteiger partial charge in [0.1, 0.15) is 21.6 Å². The molecule has 21 heavy (non-hydrogen) atoms. The molecule has 3 rings (SSSR count). The van der Waals surface area contributed by atoms with Crippen LogP contribution in [-0.2, 0) is 16.9 Å². The second-order valence-corrected chi connectivity index (χ2v) is 6.21. The zero-order valence-corrected chi connectivity index (χ0v) is 12.8. The van der Waals surface area contributed by atoms with Gasteiger partial charge in [0.2, 0.25) is 0 Å². The highest BCUT2D eigenvalue weighted by molar-refractivity contribution is 7.10. The van der Waals surface area contributed by atoms with Gasteiger partial charge in [-0.2, -0.15) is 0 Å². The Morgan fingerprint density at radius 1 is 1.48 bits per heavy atom. The Hall–Kier alpha value is -1.93. The van der Waals surface area contributed by atoms with Crippen LogP contribution in [0.4, 0.5) is 4.79 Å². The Balaban J connectivity index is 1.90. The number of aromatic nitrogens is 2. The molecule has 0 aromatic carbocycles. The van der Waals surface area contributed by atoms with Crippen molar-refractivity contribution in [1.29, 1.82) is 0 Å². The predicted molar refractivity (Wildman–Crippen MR) is 74.8 cm³/mol. The van der Waals surface area contributed by atoms with E-state index < -0.39 is 17.5 Å². The van der Waals surface area contributed by atoms with E-state index in [1.54, 1.807) is 26.0 Å². The van der Waals surface area contributed by atoms with Crippen LogP contribution in [0.25, 0.3) is 0 Å². The zero-order valence-electron chi connectivity index (χ0n) is 11.2. The molecule has 1 aliphatic heterocycles. The zero-order chi connectivity index (χ0) is 15.2. The summed E-state index contributed by atoms with van der Waals surface area (Å²) in [7, 11) is 0. The van der Waals surface area contributed by atoms with Crippen molar-refractivity contribution >= 4 is 35.1 Å². The van der Waals surface area contributed by atoms with Gasteiger partial charge in [0.15, 0.2) is 5.54 Å². The van der Waals surface area contributed by atoms with Crippen molar-refractivity contribution in [2.75, 3.05) is 0 Å². The maximum Gasteiger partial charge on any atom is 0.325 e. The summed E-state index contributed by atoms with van der Waals surface area (Å²) in [6, 6.07) is 2.90. The fourth-order valence-corrected chi connectivity index (χ4v) is 2.76. The maximum absolute atomic E-state index is 12.6. The molecule has 0 saturated carbocycles. The molecular formula is C12H11ClN4O3S. The number of aryl methyl sites for hydroxylation is 1. The molecule has 0 bridgehead atoms. The Bertz CT molecular complexity index is 728. The van der Waals surface area contributed by atoms with Crippen LogP contribution in [0.2, 0.25) is 4.34 Å². The molecule has 2 aromatic heterocycles. The van der Waals surface area contributed by atoms with Gasteiger partial charge in [0.05, 0.1) is 6.54 Å². The van der Waals surface area contributed by atoms with Gasteiger partial charge in [0, 0.05) is 11.5 Å². The van der Waals surface area contributed by atoms with E-state index in [4.69, 9.17) is 16.0 Å². The number of nitrogens with zero attached hydrogens (tertiary/aromatic N) is 3. The van der Waals surface area contributed by atoms with Gasteiger partial charge in [-0.05, 0) is 26.0 Å². The van der Waals surface area contributed by atoms with E-state index >= 15 is 0 Å². The van der Waals surface area contributed by atoms with Crippen molar-refractivity contribution < 1.29 is 14.0 Å². The fourth-order valence-electron chi connectivity index (χ4n) is 2.15. The second-order valence-electron chi connectivity index (χ2n) is 4.85. The van der Waals surface area contributed by atoms with Crippen molar-refractivity contribution in [3.8, 4) is 0 Å². The number of furan rings is 1. The molecule has 3 heterocycles. The van der Waals surface area contributed by atoms with Crippen LogP contribution in [0.1, 0.15) is 24.1 Å². The highest BCUT2D eigenvalue weighted by Crippen LogP contribution is 2.31. The number of amides is 3. The highest BCUT2D eigenvalue weighted by atomic mass is 35.5. The first kappa shape index (κ1) is 14.0. The van der Waals surface area contributed by atoms with E-state index in [1.165, 1.54) is 0 Å². The fraction of sp³-hybridized carbons (Fsp3) is 0.333. The van der Waals surface area contributed by atoms with Crippen LogP contribution in [0.15, 0.2) is 16.5 Å². The first-order chi connectivity index (χ1) is 9.91. The lowest BCUT2D eigenvalue weighted by Gasteiger charge is -2.18. The Morgan fingerprint density at radius 2 is 2.24 bits per heavy atom. The summed E-state index contributed by atoms with van der Waals surface area (Å²) in [4.78, 5) is 25.7. The Morgan fingerprint density at radius 3 is 2.81 bits per heavy atom. The standard InChI is InChI=1S/C12H11ClN4O3S/c1-6-3-4-8(20-6)12(2)10(18)17(11(19)14-12)5-7-9(13)21-16-15-7/h3-4H,5H2,1-2H3,(H,14,19). The van der Waals surface area contributed by atoms with Crippen LogP contribution < -0.4 is 5.32 Å². The molecule has 1 N–H and O–H groups in total. The first-order valence-electron chi connectivity index (χ1n) is 6.09. The molecule has 1 atom stereocenters. The Kier molecular flexibility index (Phi) is 3.22. The summed E-state index contributed by atoms with van der Waals surface area (Å²) in [5.41, 5.74) is -0.827. The number of carbonyl (C=O) groups is 2. The monoisotopic (exact) mass is 326 g/mol. The highest BCUT2D eigenvalue weighted by Gasteiger charge is 2.51. The van der Waals surface area contributed by atoms with Crippen LogP contribution in [0, 0.1) is 6.92 Å². The van der Waals surface area contributed by atoms with Gasteiger partial charge in [-0.1, -0.05) is 16.1 Å². The molecule has 1 fully saturated rings. The molecule has 7 nitrogen and oxygen atoms in total. The molecule has 2 aromatic rings. The van der Waals surface area contributed by atoms with Gasteiger partial charge < -0.3 is 9.73 Å². The van der Waals surface area contributed by atoms with E-state index in [2.05, 4.69) is 14.9 Å². The molecule has 1 aliphatic rings. The number of carbonyl (C=O) groups excluding carboxylic acids is 2. The lowest BCUT2D eigenvalue weighted by Crippen LogP contribution is -2.40. The molecule has 0 spiro atoms. The third-order valence-corrected chi connectivity index (χ3v) is 4.31. The summed E-state index contributed by atoms with van der Waals surface area (Å²) in [6.45, 7) is 3.36. The van der Waals surface area contributed by atoms with Gasteiger partial charge >= 0.3 is 6.03 Å². The number of halogens is 1. The smallest absolute Gasteiger partial charge is 0.325 e. The van der Waals surface area contributed by atoms with Crippen LogP contribution >= 0.6 is 23.1 Å². The number of hydrogen-bond donors (Lipinski definition) is 1. The molecule has 0 radical (unpaired) electrons. The molecule has 3 amide bonds. The van der Waals surface area contributed by atoms with E-state index in [0.29, 0.717) is 21.6 Å². The lowest BCUT2D eigenvalue weighted by atomic mass is 9.99. The van der Waals surface area contributed by atoms with Crippen molar-refractivity contribution in [3.05, 3.63) is 33.7 Å². The van der Waals surface area contributed by atoms with Crippen LogP contribution in [0.5, 0.6) is 0 Å². The van der Waals surface area contributed by atoms with E-state index in [9.17, 15) is 9.59 Å². The van der Waals surface area contributed by atoms with Crippen molar-refractivity contribution in [2.24, 2.45) is 0 Å². The molecule has 110 valence electrons. The predicted octanol–water partition coefficient (Wildman–Crippen LogP) is 2.06. The summed E-state index contributed by atoms with van der Waals surface area (Å²) >= 11 is 6.92. The average Bonchev–Trinajstić information content (AvgIpc) is 3.08. The van der Waals surface area contributed by atoms with E-state index in [1.807, 2.05) is 0 Å². The number of rotatable bonds is 3. The maximum atomic E-state index is 12.6. The Labute approximate surface area is 129 Å². The quantitative estimate of drug-likeness (QED) is 0.872. The van der Waals surface area contributed by atoms with Crippen molar-refractivity contribution in [1.82, 2.24) is 19.8 Å². The first-order valence-corrected chi connectivity index (χ1v) is 7.24. The van der Waals surface area contributed by atoms with Gasteiger partial charge in [-0.3, -0.25) is 9.69 Å². The number of hydrogen-bond acceptors (Lipinski definition) is 6. The molecule has 1 saturated heterocycles. The molecule has 0 aliphatic carbocycles. The number of imide groups is 1. The third kappa shape index (κ3) is 2.20. The third-order valence-electron chi connectivity index (χ3n) is 3.33. The number of urea groups is 1. The molecular weight excluding hydrogens is 316 g/mol. The minimum atomic E-state index is -1.22. The van der Waals surface area contributed by atoms with Gasteiger partial charge in [-0.25, -0.2) is 4.79 Å². The molecule has 9 heteroatoms. The number of nitrogens with one attached hydrogen (secondary N) is 1. The topological polar surface area (TPSA) is 88.3 Å².